The highest BCUT2D eigenvalue weighted by atomic mass is 35.5. The van der Waals surface area contributed by atoms with E-state index >= 15 is 0 Å². The Hall–Kier alpha value is -3.85. The number of methoxy groups -OCH3 is 2. The van der Waals surface area contributed by atoms with Gasteiger partial charge in [-0.05, 0) is 47.9 Å². The zero-order valence-corrected chi connectivity index (χ0v) is 18.5. The number of rotatable bonds is 5. The van der Waals surface area contributed by atoms with E-state index in [0.29, 0.717) is 16.7 Å². The number of amides is 1. The number of hydrogen-bond donors (Lipinski definition) is 3. The van der Waals surface area contributed by atoms with Crippen LogP contribution in [0.4, 0.5) is 17.3 Å². The molecule has 2 atom stereocenters. The Morgan fingerprint density at radius 2 is 2.03 bits per heavy atom. The molecule has 1 amide bonds. The first-order chi connectivity index (χ1) is 16.0. The van der Waals surface area contributed by atoms with Gasteiger partial charge in [-0.2, -0.15) is 10.1 Å². The van der Waals surface area contributed by atoms with Gasteiger partial charge in [0.25, 0.3) is 0 Å². The summed E-state index contributed by atoms with van der Waals surface area (Å²) in [7, 11) is 3.12. The molecule has 0 bridgehead atoms. The second kappa shape index (κ2) is 7.08. The highest BCUT2D eigenvalue weighted by molar-refractivity contribution is 6.33. The van der Waals surface area contributed by atoms with Crippen LogP contribution in [0.15, 0.2) is 42.6 Å². The number of ether oxygens (including phenoxy) is 2. The second-order valence-electron chi connectivity index (χ2n) is 8.15. The molecule has 33 heavy (non-hydrogen) atoms. The predicted octanol–water partition coefficient (Wildman–Crippen LogP) is 4.14. The number of H-pyrrole nitrogens is 1. The summed E-state index contributed by atoms with van der Waals surface area (Å²) in [5.41, 5.74) is 3.22. The summed E-state index contributed by atoms with van der Waals surface area (Å²) >= 11 is 6.21. The second-order valence-corrected chi connectivity index (χ2v) is 8.56. The van der Waals surface area contributed by atoms with Crippen molar-refractivity contribution in [3.63, 3.8) is 0 Å². The van der Waals surface area contributed by atoms with Gasteiger partial charge in [0.15, 0.2) is 11.6 Å². The minimum Gasteiger partial charge on any atom is -0.497 e. The van der Waals surface area contributed by atoms with Crippen LogP contribution in [0.3, 0.4) is 0 Å². The van der Waals surface area contributed by atoms with Crippen LogP contribution in [0.1, 0.15) is 23.5 Å². The van der Waals surface area contributed by atoms with Gasteiger partial charge in [-0.15, -0.1) is 0 Å². The Morgan fingerprint density at radius 1 is 1.15 bits per heavy atom. The monoisotopic (exact) mass is 462 g/mol. The lowest BCUT2D eigenvalue weighted by atomic mass is 9.91. The summed E-state index contributed by atoms with van der Waals surface area (Å²) in [6, 6.07) is 12.0. The summed E-state index contributed by atoms with van der Waals surface area (Å²) in [4.78, 5) is 21.2. The number of fused-ring (bicyclic) bond motifs is 3. The molecule has 6 rings (SSSR count). The molecule has 4 aromatic rings. The topological polar surface area (TPSA) is 114 Å². The molecule has 1 spiro atoms. The molecule has 0 unspecified atom stereocenters. The van der Waals surface area contributed by atoms with Crippen molar-refractivity contribution in [3.8, 4) is 11.8 Å². The molecule has 0 radical (unpaired) electrons. The third-order valence-corrected chi connectivity index (χ3v) is 6.73. The fourth-order valence-corrected chi connectivity index (χ4v) is 4.84. The van der Waals surface area contributed by atoms with Crippen molar-refractivity contribution in [2.24, 2.45) is 0 Å². The maximum absolute atomic E-state index is 12.9. The molecule has 1 saturated carbocycles. The van der Waals surface area contributed by atoms with Crippen LogP contribution in [0.25, 0.3) is 10.9 Å². The summed E-state index contributed by atoms with van der Waals surface area (Å²) in [5, 5.41) is 14.8. The lowest BCUT2D eigenvalue weighted by molar-refractivity contribution is -0.118. The SMILES string of the molecule is COc1ccc2c(c1)[C@]1(C[C@H]1c1ccc3c(Nc4nc(OC)ncc4Cl)n[nH]c3c1)C(=O)N2. The first-order valence-electron chi connectivity index (χ1n) is 10.3. The van der Waals surface area contributed by atoms with Crippen molar-refractivity contribution in [1.82, 2.24) is 20.2 Å². The van der Waals surface area contributed by atoms with Crippen molar-refractivity contribution >= 4 is 45.7 Å². The number of carbonyl (C=O) groups excluding carboxylic acids is 1. The molecule has 2 aromatic carbocycles. The Balaban J connectivity index is 1.32. The minimum atomic E-state index is -0.552. The maximum atomic E-state index is 12.9. The Bertz CT molecular complexity index is 1440. The van der Waals surface area contributed by atoms with Crippen LogP contribution in [0, 0.1) is 0 Å². The number of anilines is 3. The van der Waals surface area contributed by atoms with E-state index in [2.05, 4.69) is 30.8 Å². The van der Waals surface area contributed by atoms with Crippen molar-refractivity contribution in [2.45, 2.75) is 17.8 Å². The van der Waals surface area contributed by atoms with Gasteiger partial charge < -0.3 is 20.1 Å². The van der Waals surface area contributed by atoms with Gasteiger partial charge in [0, 0.05) is 17.0 Å². The first kappa shape index (κ1) is 19.8. The molecule has 10 heteroatoms. The van der Waals surface area contributed by atoms with Gasteiger partial charge in [0.05, 0.1) is 31.3 Å². The molecule has 3 heterocycles. The summed E-state index contributed by atoms with van der Waals surface area (Å²) in [6.45, 7) is 0. The van der Waals surface area contributed by atoms with Crippen LogP contribution in [0.5, 0.6) is 11.8 Å². The van der Waals surface area contributed by atoms with Gasteiger partial charge in [0.1, 0.15) is 10.8 Å². The van der Waals surface area contributed by atoms with E-state index in [-0.39, 0.29) is 17.8 Å². The molecule has 1 aliphatic carbocycles. The highest BCUT2D eigenvalue weighted by Gasteiger charge is 2.65. The summed E-state index contributed by atoms with van der Waals surface area (Å²) < 4.78 is 10.5. The molecule has 1 fully saturated rings. The predicted molar refractivity (Wildman–Crippen MR) is 124 cm³/mol. The van der Waals surface area contributed by atoms with E-state index in [4.69, 9.17) is 21.1 Å². The zero-order chi connectivity index (χ0) is 22.7. The number of carbonyl (C=O) groups is 1. The van der Waals surface area contributed by atoms with Crippen molar-refractivity contribution in [1.29, 1.82) is 0 Å². The van der Waals surface area contributed by atoms with Crippen LogP contribution in [-0.2, 0) is 10.2 Å². The number of aromatic amines is 1. The van der Waals surface area contributed by atoms with Gasteiger partial charge >= 0.3 is 6.01 Å². The molecule has 3 N–H and O–H groups in total. The fourth-order valence-electron chi connectivity index (χ4n) is 4.70. The van der Waals surface area contributed by atoms with E-state index in [1.807, 2.05) is 36.4 Å². The van der Waals surface area contributed by atoms with Gasteiger partial charge in [0.2, 0.25) is 5.91 Å². The maximum Gasteiger partial charge on any atom is 0.318 e. The van der Waals surface area contributed by atoms with E-state index in [9.17, 15) is 4.79 Å². The molecule has 2 aliphatic rings. The Morgan fingerprint density at radius 3 is 2.85 bits per heavy atom. The Kier molecular flexibility index (Phi) is 4.25. The molecular weight excluding hydrogens is 444 g/mol. The smallest absolute Gasteiger partial charge is 0.318 e. The molecular formula is C23H19ClN6O3. The van der Waals surface area contributed by atoms with E-state index in [1.165, 1.54) is 13.3 Å². The summed E-state index contributed by atoms with van der Waals surface area (Å²) in [5.74, 6) is 1.84. The minimum absolute atomic E-state index is 0.0372. The van der Waals surface area contributed by atoms with Crippen LogP contribution in [0.2, 0.25) is 5.02 Å². The third kappa shape index (κ3) is 2.92. The lowest BCUT2D eigenvalue weighted by Crippen LogP contribution is -2.21. The van der Waals surface area contributed by atoms with Gasteiger partial charge in [-0.3, -0.25) is 9.89 Å². The number of benzene rings is 2. The van der Waals surface area contributed by atoms with E-state index in [0.717, 1.165) is 39.9 Å². The van der Waals surface area contributed by atoms with Crippen LogP contribution < -0.4 is 20.1 Å². The van der Waals surface area contributed by atoms with E-state index in [1.54, 1.807) is 7.11 Å². The van der Waals surface area contributed by atoms with Gasteiger partial charge in [-0.1, -0.05) is 17.7 Å². The average Bonchev–Trinajstić information content (AvgIpc) is 3.38. The van der Waals surface area contributed by atoms with Crippen molar-refractivity contribution in [2.75, 3.05) is 24.9 Å². The highest BCUT2D eigenvalue weighted by Crippen LogP contribution is 2.65. The number of halogens is 1. The molecule has 166 valence electrons. The molecule has 1 aliphatic heterocycles. The average molecular weight is 463 g/mol. The van der Waals surface area contributed by atoms with E-state index < -0.39 is 5.41 Å². The first-order valence-corrected chi connectivity index (χ1v) is 10.7. The Labute approximate surface area is 193 Å². The summed E-state index contributed by atoms with van der Waals surface area (Å²) in [6.07, 6.45) is 2.22. The van der Waals surface area contributed by atoms with Crippen LogP contribution >= 0.6 is 11.6 Å². The number of nitrogens with zero attached hydrogens (tertiary/aromatic N) is 3. The lowest BCUT2D eigenvalue weighted by Gasteiger charge is -2.10. The molecule has 0 saturated heterocycles. The number of aromatic nitrogens is 4. The van der Waals surface area contributed by atoms with Gasteiger partial charge in [-0.25, -0.2) is 4.98 Å². The number of nitrogens with one attached hydrogen (secondary N) is 3. The molecule has 9 nitrogen and oxygen atoms in total. The van der Waals surface area contributed by atoms with Crippen molar-refractivity contribution < 1.29 is 14.3 Å². The zero-order valence-electron chi connectivity index (χ0n) is 17.8. The quantitative estimate of drug-likeness (QED) is 0.408. The largest absolute Gasteiger partial charge is 0.497 e. The van der Waals surface area contributed by atoms with Crippen molar-refractivity contribution in [3.05, 3.63) is 58.7 Å². The molecule has 2 aromatic heterocycles. The third-order valence-electron chi connectivity index (χ3n) is 6.45. The number of hydrogen-bond acceptors (Lipinski definition) is 7. The fraction of sp³-hybridized carbons (Fsp3) is 0.217. The van der Waals surface area contributed by atoms with Crippen LogP contribution in [-0.4, -0.2) is 40.3 Å². The standard InChI is InChI=1S/C23H19ClN6O3/c1-32-12-4-6-17-14(8-12)23(21(31)26-17)9-15(23)11-3-5-13-18(7-11)29-30-19(13)27-20-16(24)10-25-22(28-20)33-2/h3-8,10,15H,9H2,1-2H3,(H,26,31)(H2,25,27,28,29,30)/t15-,23-/m0/s1. The normalized spacial score (nSPS) is 20.6.